The minimum Gasteiger partial charge on any atom is -0.460 e. The molecule has 0 aliphatic heterocycles. The lowest BCUT2D eigenvalue weighted by Crippen LogP contribution is -2.15. The molecule has 0 fully saturated rings. The van der Waals surface area contributed by atoms with Gasteiger partial charge in [-0.05, 0) is 56.3 Å². The van der Waals surface area contributed by atoms with Crippen LogP contribution in [0.15, 0.2) is 42.5 Å². The summed E-state index contributed by atoms with van der Waals surface area (Å²) in [6.45, 7) is 3.63. The second kappa shape index (κ2) is 7.43. The van der Waals surface area contributed by atoms with E-state index in [1.54, 1.807) is 18.2 Å². The molecular formula is C18H14Cl2FN3O2. The summed E-state index contributed by atoms with van der Waals surface area (Å²) in [5.41, 5.74) is 0.719. The Kier molecular flexibility index (Phi) is 5.25. The number of rotatable bonds is 4. The molecule has 0 saturated heterocycles. The van der Waals surface area contributed by atoms with Gasteiger partial charge in [-0.25, -0.2) is 4.39 Å². The fourth-order valence-electron chi connectivity index (χ4n) is 2.26. The zero-order valence-corrected chi connectivity index (χ0v) is 15.4. The number of aromatic nitrogens is 3. The molecule has 0 amide bonds. The molecule has 8 heteroatoms. The van der Waals surface area contributed by atoms with E-state index in [1.165, 1.54) is 24.3 Å². The van der Waals surface area contributed by atoms with Crippen LogP contribution in [0.1, 0.15) is 24.2 Å². The van der Waals surface area contributed by atoms with Crippen LogP contribution in [-0.4, -0.2) is 26.8 Å². The molecule has 0 aliphatic rings. The highest BCUT2D eigenvalue weighted by atomic mass is 35.5. The molecule has 3 rings (SSSR count). The minimum atomic E-state index is -0.489. The van der Waals surface area contributed by atoms with Gasteiger partial charge < -0.3 is 4.74 Å². The topological polar surface area (TPSA) is 57.0 Å². The van der Waals surface area contributed by atoms with E-state index in [-0.39, 0.29) is 23.5 Å². The molecule has 134 valence electrons. The van der Waals surface area contributed by atoms with Crippen LogP contribution in [0.2, 0.25) is 10.0 Å². The normalized spacial score (nSPS) is 11.0. The summed E-state index contributed by atoms with van der Waals surface area (Å²) in [5.74, 6) is -0.723. The maximum atomic E-state index is 13.1. The van der Waals surface area contributed by atoms with Crippen molar-refractivity contribution >= 4 is 29.1 Å². The van der Waals surface area contributed by atoms with Crippen LogP contribution >= 0.6 is 23.2 Å². The summed E-state index contributed by atoms with van der Waals surface area (Å²) >= 11 is 12.2. The lowest BCUT2D eigenvalue weighted by Gasteiger charge is -2.06. The molecule has 0 N–H and O–H groups in total. The number of hydrogen-bond donors (Lipinski definition) is 0. The molecule has 0 aliphatic carbocycles. The van der Waals surface area contributed by atoms with Crippen LogP contribution in [0.25, 0.3) is 11.4 Å². The second-order valence-corrected chi connectivity index (χ2v) is 6.58. The van der Waals surface area contributed by atoms with Crippen molar-refractivity contribution in [3.05, 3.63) is 63.9 Å². The average molecular weight is 394 g/mol. The van der Waals surface area contributed by atoms with Crippen molar-refractivity contribution in [1.82, 2.24) is 14.8 Å². The van der Waals surface area contributed by atoms with Gasteiger partial charge in [-0.2, -0.15) is 9.67 Å². The zero-order valence-electron chi connectivity index (χ0n) is 13.9. The maximum Gasteiger partial charge on any atom is 0.336 e. The fourth-order valence-corrected chi connectivity index (χ4v) is 2.75. The van der Waals surface area contributed by atoms with Crippen molar-refractivity contribution in [2.45, 2.75) is 20.0 Å². The first-order valence-electron chi connectivity index (χ1n) is 7.74. The fraction of sp³-hybridized carbons (Fsp3) is 0.167. The summed E-state index contributed by atoms with van der Waals surface area (Å²) in [4.78, 5) is 17.1. The molecule has 0 radical (unpaired) electrons. The van der Waals surface area contributed by atoms with Gasteiger partial charge in [0.25, 0.3) is 5.91 Å². The Labute approximate surface area is 159 Å². The predicted molar refractivity (Wildman–Crippen MR) is 97.4 cm³/mol. The highest BCUT2D eigenvalue weighted by Crippen LogP contribution is 2.30. The highest BCUT2D eigenvalue weighted by Gasteiger charge is 2.22. The van der Waals surface area contributed by atoms with Crippen LogP contribution in [0.3, 0.4) is 0 Å². The Hall–Kier alpha value is -2.44. The summed E-state index contributed by atoms with van der Waals surface area (Å²) in [5, 5.41) is 4.90. The molecule has 0 atom stereocenters. The molecule has 1 aromatic heterocycles. The van der Waals surface area contributed by atoms with Gasteiger partial charge >= 0.3 is 6.01 Å². The first kappa shape index (κ1) is 18.4. The third kappa shape index (κ3) is 3.86. The Bertz CT molecular complexity index is 956. The van der Waals surface area contributed by atoms with Crippen LogP contribution in [0.5, 0.6) is 6.01 Å². The maximum absolute atomic E-state index is 13.1. The predicted octanol–water partition coefficient (Wildman–Crippen LogP) is 4.87. The van der Waals surface area contributed by atoms with Crippen molar-refractivity contribution < 1.29 is 13.9 Å². The Morgan fingerprint density at radius 1 is 1.15 bits per heavy atom. The Morgan fingerprint density at radius 3 is 2.46 bits per heavy atom. The van der Waals surface area contributed by atoms with Gasteiger partial charge in [-0.3, -0.25) is 4.79 Å². The third-order valence-electron chi connectivity index (χ3n) is 3.38. The number of hydrogen-bond acceptors (Lipinski definition) is 4. The van der Waals surface area contributed by atoms with E-state index in [0.29, 0.717) is 15.6 Å². The first-order chi connectivity index (χ1) is 12.3. The average Bonchev–Trinajstić information content (AvgIpc) is 2.97. The van der Waals surface area contributed by atoms with Gasteiger partial charge in [0.05, 0.1) is 11.1 Å². The molecule has 26 heavy (non-hydrogen) atoms. The number of carbonyl (C=O) groups excluding carboxylic acids is 1. The number of nitrogens with zero attached hydrogens (tertiary/aromatic N) is 3. The van der Waals surface area contributed by atoms with E-state index in [0.717, 1.165) is 4.68 Å². The number of benzene rings is 2. The highest BCUT2D eigenvalue weighted by molar-refractivity contribution is 6.36. The molecule has 2 aromatic carbocycles. The van der Waals surface area contributed by atoms with Crippen LogP contribution in [-0.2, 0) is 0 Å². The second-order valence-electron chi connectivity index (χ2n) is 5.73. The molecule has 0 unspecified atom stereocenters. The van der Waals surface area contributed by atoms with E-state index in [4.69, 9.17) is 27.9 Å². The lowest BCUT2D eigenvalue weighted by molar-refractivity contribution is 0.0943. The molecule has 0 spiro atoms. The van der Waals surface area contributed by atoms with Crippen LogP contribution < -0.4 is 4.74 Å². The number of carbonyl (C=O) groups is 1. The van der Waals surface area contributed by atoms with Gasteiger partial charge in [-0.15, -0.1) is 5.10 Å². The zero-order chi connectivity index (χ0) is 18.8. The molecule has 1 heterocycles. The quantitative estimate of drug-likeness (QED) is 0.634. The van der Waals surface area contributed by atoms with Crippen molar-refractivity contribution in [1.29, 1.82) is 0 Å². The van der Waals surface area contributed by atoms with Gasteiger partial charge in [0.15, 0.2) is 5.82 Å². The lowest BCUT2D eigenvalue weighted by atomic mass is 10.2. The van der Waals surface area contributed by atoms with Crippen molar-refractivity contribution in [3.63, 3.8) is 0 Å². The van der Waals surface area contributed by atoms with Crippen LogP contribution in [0.4, 0.5) is 4.39 Å². The van der Waals surface area contributed by atoms with Crippen LogP contribution in [0, 0.1) is 5.82 Å². The monoisotopic (exact) mass is 393 g/mol. The van der Waals surface area contributed by atoms with Gasteiger partial charge in [0, 0.05) is 16.1 Å². The molecular weight excluding hydrogens is 380 g/mol. The summed E-state index contributed by atoms with van der Waals surface area (Å²) in [6.07, 6.45) is -0.180. The minimum absolute atomic E-state index is 0.0384. The van der Waals surface area contributed by atoms with E-state index < -0.39 is 11.7 Å². The first-order valence-corrected chi connectivity index (χ1v) is 8.50. The Balaban J connectivity index is 2.11. The van der Waals surface area contributed by atoms with Gasteiger partial charge in [-0.1, -0.05) is 23.2 Å². The summed E-state index contributed by atoms with van der Waals surface area (Å²) < 4.78 is 19.7. The smallest absolute Gasteiger partial charge is 0.336 e. The number of halogens is 3. The van der Waals surface area contributed by atoms with Gasteiger partial charge in [0.1, 0.15) is 5.82 Å². The van der Waals surface area contributed by atoms with Crippen molar-refractivity contribution in [2.75, 3.05) is 0 Å². The standard InChI is InChI=1S/C18H14Cl2FN3O2/c1-10(2)26-18-22-16(14-8-5-12(19)9-15(14)20)24(23-18)17(25)11-3-6-13(21)7-4-11/h3-10H,1-2H3. The van der Waals surface area contributed by atoms with Crippen molar-refractivity contribution in [3.8, 4) is 17.4 Å². The largest absolute Gasteiger partial charge is 0.460 e. The molecule has 3 aromatic rings. The van der Waals surface area contributed by atoms with Gasteiger partial charge in [0.2, 0.25) is 0 Å². The molecule has 5 nitrogen and oxygen atoms in total. The third-order valence-corrected chi connectivity index (χ3v) is 3.93. The molecule has 0 bridgehead atoms. The summed E-state index contributed by atoms with van der Waals surface area (Å²) in [7, 11) is 0. The van der Waals surface area contributed by atoms with E-state index >= 15 is 0 Å². The van der Waals surface area contributed by atoms with E-state index in [1.807, 2.05) is 13.8 Å². The summed E-state index contributed by atoms with van der Waals surface area (Å²) in [6, 6.07) is 10.00. The Morgan fingerprint density at radius 2 is 1.85 bits per heavy atom. The van der Waals surface area contributed by atoms with Crippen molar-refractivity contribution in [2.24, 2.45) is 0 Å². The van der Waals surface area contributed by atoms with E-state index in [9.17, 15) is 9.18 Å². The molecule has 0 saturated carbocycles. The number of ether oxygens (including phenoxy) is 1. The SMILES string of the molecule is CC(C)Oc1nc(-c2ccc(Cl)cc2Cl)n(C(=O)c2ccc(F)cc2)n1. The van der Waals surface area contributed by atoms with E-state index in [2.05, 4.69) is 10.1 Å².